The van der Waals surface area contributed by atoms with Gasteiger partial charge in [-0.2, -0.15) is 5.10 Å². The van der Waals surface area contributed by atoms with Crippen molar-refractivity contribution in [2.24, 2.45) is 5.10 Å². The first kappa shape index (κ1) is 18.1. The van der Waals surface area contributed by atoms with E-state index in [0.717, 1.165) is 38.3 Å². The third-order valence-electron chi connectivity index (χ3n) is 4.38. The fourth-order valence-electron chi connectivity index (χ4n) is 2.92. The smallest absolute Gasteiger partial charge is 0.254 e. The molecule has 0 saturated carbocycles. The van der Waals surface area contributed by atoms with Crippen molar-refractivity contribution in [3.8, 4) is 5.75 Å². The number of phenols is 1. The van der Waals surface area contributed by atoms with Crippen LogP contribution in [0.25, 0.3) is 0 Å². The SMILES string of the molecule is O=C(CN1CCN(Cc2ccccc2)CC1)N/N=C/c1ccc(O)cc1. The quantitative estimate of drug-likeness (QED) is 0.613. The standard InChI is InChI=1S/C20H24N4O2/c25-19-8-6-17(7-9-19)14-21-22-20(26)16-24-12-10-23(11-13-24)15-18-4-2-1-3-5-18/h1-9,14,25H,10-13,15-16H2,(H,22,26)/b21-14+. The first-order valence-electron chi connectivity index (χ1n) is 8.78. The second-order valence-corrected chi connectivity index (χ2v) is 6.42. The Kier molecular flexibility index (Phi) is 6.35. The fraction of sp³-hybridized carbons (Fsp3) is 0.300. The predicted molar refractivity (Wildman–Crippen MR) is 102 cm³/mol. The molecule has 0 aromatic heterocycles. The van der Waals surface area contributed by atoms with Crippen molar-refractivity contribution >= 4 is 12.1 Å². The molecule has 0 unspecified atom stereocenters. The molecule has 0 spiro atoms. The van der Waals surface area contributed by atoms with Gasteiger partial charge in [0.05, 0.1) is 12.8 Å². The monoisotopic (exact) mass is 352 g/mol. The normalized spacial score (nSPS) is 16.0. The summed E-state index contributed by atoms with van der Waals surface area (Å²) in [5.41, 5.74) is 4.70. The van der Waals surface area contributed by atoms with Gasteiger partial charge < -0.3 is 5.11 Å². The molecular formula is C20H24N4O2. The number of carbonyl (C=O) groups is 1. The summed E-state index contributed by atoms with van der Waals surface area (Å²) in [4.78, 5) is 16.6. The van der Waals surface area contributed by atoms with Crippen molar-refractivity contribution in [1.82, 2.24) is 15.2 Å². The number of nitrogens with one attached hydrogen (secondary N) is 1. The fourth-order valence-corrected chi connectivity index (χ4v) is 2.92. The minimum atomic E-state index is -0.114. The summed E-state index contributed by atoms with van der Waals surface area (Å²) in [7, 11) is 0. The molecule has 1 fully saturated rings. The number of hydrazone groups is 1. The van der Waals surface area contributed by atoms with E-state index < -0.39 is 0 Å². The van der Waals surface area contributed by atoms with Gasteiger partial charge >= 0.3 is 0 Å². The minimum Gasteiger partial charge on any atom is -0.508 e. The number of carbonyl (C=O) groups excluding carboxylic acids is 1. The van der Waals surface area contributed by atoms with E-state index in [1.54, 1.807) is 30.5 Å². The van der Waals surface area contributed by atoms with Crippen molar-refractivity contribution in [3.63, 3.8) is 0 Å². The lowest BCUT2D eigenvalue weighted by Crippen LogP contribution is -2.48. The Morgan fingerprint density at radius 2 is 1.65 bits per heavy atom. The Bertz CT molecular complexity index is 723. The molecule has 0 aliphatic carbocycles. The van der Waals surface area contributed by atoms with Crippen LogP contribution in [0.1, 0.15) is 11.1 Å². The van der Waals surface area contributed by atoms with Crippen molar-refractivity contribution in [1.29, 1.82) is 0 Å². The Hall–Kier alpha value is -2.70. The number of benzene rings is 2. The molecule has 1 aliphatic rings. The first-order valence-corrected chi connectivity index (χ1v) is 8.78. The summed E-state index contributed by atoms with van der Waals surface area (Å²) in [5.74, 6) is 0.0918. The summed E-state index contributed by atoms with van der Waals surface area (Å²) in [6.45, 7) is 4.98. The number of hydrogen-bond donors (Lipinski definition) is 2. The van der Waals surface area contributed by atoms with Gasteiger partial charge in [0.2, 0.25) is 0 Å². The van der Waals surface area contributed by atoms with Gasteiger partial charge in [-0.3, -0.25) is 14.6 Å². The molecular weight excluding hydrogens is 328 g/mol. The second kappa shape index (κ2) is 9.12. The van der Waals surface area contributed by atoms with Crippen molar-refractivity contribution < 1.29 is 9.90 Å². The summed E-state index contributed by atoms with van der Waals surface area (Å²) in [5, 5.41) is 13.2. The van der Waals surface area contributed by atoms with Crippen LogP contribution in [-0.2, 0) is 11.3 Å². The van der Waals surface area contributed by atoms with Crippen LogP contribution in [0, 0.1) is 0 Å². The Morgan fingerprint density at radius 1 is 1.00 bits per heavy atom. The van der Waals surface area contributed by atoms with E-state index in [1.165, 1.54) is 5.56 Å². The summed E-state index contributed by atoms with van der Waals surface area (Å²) >= 11 is 0. The predicted octanol–water partition coefficient (Wildman–Crippen LogP) is 1.66. The molecule has 1 heterocycles. The van der Waals surface area contributed by atoms with Gasteiger partial charge in [-0.25, -0.2) is 5.43 Å². The van der Waals surface area contributed by atoms with E-state index >= 15 is 0 Å². The molecule has 1 saturated heterocycles. The van der Waals surface area contributed by atoms with Gasteiger partial charge in [-0.05, 0) is 35.4 Å². The number of phenolic OH excluding ortho intramolecular Hbond substituents is 1. The van der Waals surface area contributed by atoms with Crippen LogP contribution in [0.5, 0.6) is 5.75 Å². The molecule has 2 aromatic carbocycles. The minimum absolute atomic E-state index is 0.114. The molecule has 6 heteroatoms. The van der Waals surface area contributed by atoms with E-state index in [4.69, 9.17) is 0 Å². The molecule has 0 atom stereocenters. The highest BCUT2D eigenvalue weighted by Gasteiger charge is 2.18. The van der Waals surface area contributed by atoms with E-state index in [-0.39, 0.29) is 11.7 Å². The maximum absolute atomic E-state index is 12.0. The number of amides is 1. The van der Waals surface area contributed by atoms with E-state index in [2.05, 4.69) is 44.6 Å². The van der Waals surface area contributed by atoms with Crippen LogP contribution in [0.4, 0.5) is 0 Å². The van der Waals surface area contributed by atoms with Crippen molar-refractivity contribution in [3.05, 3.63) is 65.7 Å². The Balaban J connectivity index is 1.37. The topological polar surface area (TPSA) is 68.2 Å². The number of nitrogens with zero attached hydrogens (tertiary/aromatic N) is 3. The van der Waals surface area contributed by atoms with Gasteiger partial charge in [0.15, 0.2) is 0 Å². The number of piperazine rings is 1. The zero-order valence-electron chi connectivity index (χ0n) is 14.7. The largest absolute Gasteiger partial charge is 0.508 e. The molecule has 0 radical (unpaired) electrons. The van der Waals surface area contributed by atoms with Gasteiger partial charge in [0.1, 0.15) is 5.75 Å². The lowest BCUT2D eigenvalue weighted by Gasteiger charge is -2.34. The Morgan fingerprint density at radius 3 is 2.35 bits per heavy atom. The molecule has 0 bridgehead atoms. The second-order valence-electron chi connectivity index (χ2n) is 6.42. The van der Waals surface area contributed by atoms with Crippen LogP contribution < -0.4 is 5.43 Å². The number of rotatable bonds is 6. The van der Waals surface area contributed by atoms with Gasteiger partial charge in [0, 0.05) is 32.7 Å². The van der Waals surface area contributed by atoms with Crippen LogP contribution in [-0.4, -0.2) is 59.8 Å². The maximum Gasteiger partial charge on any atom is 0.254 e. The summed E-state index contributed by atoms with van der Waals surface area (Å²) in [6.07, 6.45) is 1.56. The van der Waals surface area contributed by atoms with Crippen LogP contribution in [0.3, 0.4) is 0 Å². The maximum atomic E-state index is 12.0. The highest BCUT2D eigenvalue weighted by molar-refractivity contribution is 5.83. The third-order valence-corrected chi connectivity index (χ3v) is 4.38. The first-order chi connectivity index (χ1) is 12.7. The number of hydrogen-bond acceptors (Lipinski definition) is 5. The molecule has 136 valence electrons. The average Bonchev–Trinajstić information content (AvgIpc) is 2.66. The van der Waals surface area contributed by atoms with Crippen molar-refractivity contribution in [2.75, 3.05) is 32.7 Å². The summed E-state index contributed by atoms with van der Waals surface area (Å²) < 4.78 is 0. The lowest BCUT2D eigenvalue weighted by molar-refractivity contribution is -0.122. The molecule has 26 heavy (non-hydrogen) atoms. The molecule has 3 rings (SSSR count). The van der Waals surface area contributed by atoms with E-state index in [1.807, 2.05) is 6.07 Å². The highest BCUT2D eigenvalue weighted by Crippen LogP contribution is 2.09. The van der Waals surface area contributed by atoms with E-state index in [9.17, 15) is 9.90 Å². The molecule has 6 nitrogen and oxygen atoms in total. The Labute approximate surface area is 153 Å². The van der Waals surface area contributed by atoms with E-state index in [0.29, 0.717) is 6.54 Å². The zero-order valence-corrected chi connectivity index (χ0v) is 14.7. The third kappa shape index (κ3) is 5.68. The average molecular weight is 352 g/mol. The van der Waals surface area contributed by atoms with Crippen LogP contribution in [0.15, 0.2) is 59.7 Å². The van der Waals surface area contributed by atoms with Crippen LogP contribution >= 0.6 is 0 Å². The molecule has 2 N–H and O–H groups in total. The van der Waals surface area contributed by atoms with Gasteiger partial charge in [-0.15, -0.1) is 0 Å². The zero-order chi connectivity index (χ0) is 18.2. The highest BCUT2D eigenvalue weighted by atomic mass is 16.3. The van der Waals surface area contributed by atoms with Gasteiger partial charge in [0.25, 0.3) is 5.91 Å². The number of aromatic hydroxyl groups is 1. The molecule has 1 amide bonds. The lowest BCUT2D eigenvalue weighted by atomic mass is 10.2. The molecule has 2 aromatic rings. The van der Waals surface area contributed by atoms with Gasteiger partial charge in [-0.1, -0.05) is 30.3 Å². The van der Waals surface area contributed by atoms with Crippen LogP contribution in [0.2, 0.25) is 0 Å². The van der Waals surface area contributed by atoms with Crippen molar-refractivity contribution in [2.45, 2.75) is 6.54 Å². The molecule has 1 aliphatic heterocycles. The summed E-state index contributed by atoms with van der Waals surface area (Å²) in [6, 6.07) is 17.1.